The number of amides is 1. The summed E-state index contributed by atoms with van der Waals surface area (Å²) in [6, 6.07) is 10.6. The van der Waals surface area contributed by atoms with Crippen molar-refractivity contribution in [2.24, 2.45) is 5.10 Å². The topological polar surface area (TPSA) is 85.0 Å². The van der Waals surface area contributed by atoms with Crippen molar-refractivity contribution in [3.8, 4) is 0 Å². The van der Waals surface area contributed by atoms with Crippen LogP contribution in [0.5, 0.6) is 0 Å². The molecular formula is C16H11Cl2N3O4. The number of hydrogen-bond donors (Lipinski definition) is 0. The first kappa shape index (κ1) is 17.2. The Hall–Kier alpha value is -2.64. The molecule has 0 aliphatic carbocycles. The lowest BCUT2D eigenvalue weighted by Crippen LogP contribution is -2.25. The van der Waals surface area contributed by atoms with E-state index in [1.54, 1.807) is 18.2 Å². The molecule has 128 valence electrons. The van der Waals surface area contributed by atoms with Crippen molar-refractivity contribution in [1.82, 2.24) is 5.01 Å². The third-order valence-corrected chi connectivity index (χ3v) is 4.06. The van der Waals surface area contributed by atoms with Crippen LogP contribution in [0, 0.1) is 10.1 Å². The number of carbonyl (C=O) groups is 1. The van der Waals surface area contributed by atoms with E-state index in [-0.39, 0.29) is 17.5 Å². The van der Waals surface area contributed by atoms with Crippen LogP contribution in [0.4, 0.5) is 5.69 Å². The Morgan fingerprint density at radius 3 is 2.68 bits per heavy atom. The zero-order valence-corrected chi connectivity index (χ0v) is 14.4. The Morgan fingerprint density at radius 1 is 1.28 bits per heavy atom. The van der Waals surface area contributed by atoms with Gasteiger partial charge in [0, 0.05) is 35.2 Å². The molecule has 1 aliphatic rings. The zero-order valence-electron chi connectivity index (χ0n) is 12.8. The SMILES string of the molecule is CC(=O)N1N=C(c2cccc([N+](=O)[O-])c2)O[C@H]1c1ccc(Cl)cc1Cl. The first-order chi connectivity index (χ1) is 11.9. The number of nitrogens with zero attached hydrogens (tertiary/aromatic N) is 3. The third-order valence-electron chi connectivity index (χ3n) is 3.50. The highest BCUT2D eigenvalue weighted by molar-refractivity contribution is 6.35. The molecule has 0 bridgehead atoms. The quantitative estimate of drug-likeness (QED) is 0.592. The molecule has 0 spiro atoms. The molecule has 9 heteroatoms. The monoisotopic (exact) mass is 379 g/mol. The second-order valence-electron chi connectivity index (χ2n) is 5.21. The van der Waals surface area contributed by atoms with E-state index in [1.807, 2.05) is 0 Å². The van der Waals surface area contributed by atoms with Crippen LogP contribution in [0.3, 0.4) is 0 Å². The molecular weight excluding hydrogens is 369 g/mol. The van der Waals surface area contributed by atoms with E-state index in [0.717, 1.165) is 5.01 Å². The molecule has 0 saturated carbocycles. The molecule has 7 nitrogen and oxygen atoms in total. The van der Waals surface area contributed by atoms with Crippen LogP contribution in [-0.2, 0) is 9.53 Å². The van der Waals surface area contributed by atoms with E-state index in [4.69, 9.17) is 27.9 Å². The van der Waals surface area contributed by atoms with Gasteiger partial charge in [0.15, 0.2) is 0 Å². The van der Waals surface area contributed by atoms with Gasteiger partial charge in [-0.2, -0.15) is 5.01 Å². The van der Waals surface area contributed by atoms with E-state index in [0.29, 0.717) is 21.2 Å². The number of nitro benzene ring substituents is 1. The van der Waals surface area contributed by atoms with Gasteiger partial charge in [-0.15, -0.1) is 5.10 Å². The highest BCUT2D eigenvalue weighted by Crippen LogP contribution is 2.35. The molecule has 0 N–H and O–H groups in total. The molecule has 1 aliphatic heterocycles. The number of ether oxygens (including phenoxy) is 1. The summed E-state index contributed by atoms with van der Waals surface area (Å²) in [7, 11) is 0. The summed E-state index contributed by atoms with van der Waals surface area (Å²) in [6.45, 7) is 1.33. The van der Waals surface area contributed by atoms with Crippen molar-refractivity contribution in [3.63, 3.8) is 0 Å². The predicted octanol–water partition coefficient (Wildman–Crippen LogP) is 4.14. The van der Waals surface area contributed by atoms with Crippen molar-refractivity contribution in [2.75, 3.05) is 0 Å². The van der Waals surface area contributed by atoms with Crippen molar-refractivity contribution in [2.45, 2.75) is 13.2 Å². The molecule has 1 amide bonds. The number of benzene rings is 2. The van der Waals surface area contributed by atoms with E-state index in [9.17, 15) is 14.9 Å². The van der Waals surface area contributed by atoms with Gasteiger partial charge in [-0.3, -0.25) is 14.9 Å². The summed E-state index contributed by atoms with van der Waals surface area (Å²) < 4.78 is 5.77. The van der Waals surface area contributed by atoms with Crippen molar-refractivity contribution in [1.29, 1.82) is 0 Å². The maximum absolute atomic E-state index is 11.9. The van der Waals surface area contributed by atoms with Crippen molar-refractivity contribution < 1.29 is 14.5 Å². The van der Waals surface area contributed by atoms with Gasteiger partial charge in [-0.25, -0.2) is 0 Å². The normalized spacial score (nSPS) is 16.4. The summed E-state index contributed by atoms with van der Waals surface area (Å²) in [6.07, 6.45) is -0.878. The Bertz CT molecular complexity index is 901. The van der Waals surface area contributed by atoms with Crippen LogP contribution in [0.15, 0.2) is 47.6 Å². The number of hydrogen-bond acceptors (Lipinski definition) is 5. The smallest absolute Gasteiger partial charge is 0.270 e. The molecule has 0 radical (unpaired) electrons. The predicted molar refractivity (Wildman–Crippen MR) is 92.4 cm³/mol. The van der Waals surface area contributed by atoms with Gasteiger partial charge in [0.25, 0.3) is 5.69 Å². The summed E-state index contributed by atoms with van der Waals surface area (Å²) in [5.41, 5.74) is 0.782. The lowest BCUT2D eigenvalue weighted by atomic mass is 10.2. The third kappa shape index (κ3) is 3.42. The van der Waals surface area contributed by atoms with Gasteiger partial charge in [0.2, 0.25) is 18.0 Å². The number of non-ortho nitro benzene ring substituents is 1. The average Bonchev–Trinajstić information content (AvgIpc) is 3.00. The largest absolute Gasteiger partial charge is 0.446 e. The van der Waals surface area contributed by atoms with Crippen LogP contribution < -0.4 is 0 Å². The summed E-state index contributed by atoms with van der Waals surface area (Å²) >= 11 is 12.1. The van der Waals surface area contributed by atoms with Gasteiger partial charge in [-0.05, 0) is 18.2 Å². The molecule has 3 rings (SSSR count). The molecule has 2 aromatic rings. The first-order valence-corrected chi connectivity index (χ1v) is 7.87. The lowest BCUT2D eigenvalue weighted by molar-refractivity contribution is -0.384. The summed E-state index contributed by atoms with van der Waals surface area (Å²) in [5, 5.41) is 17.0. The Morgan fingerprint density at radius 2 is 2.04 bits per heavy atom. The molecule has 1 atom stereocenters. The summed E-state index contributed by atoms with van der Waals surface area (Å²) in [4.78, 5) is 22.3. The number of halogens is 2. The Kier molecular flexibility index (Phi) is 4.61. The van der Waals surface area contributed by atoms with Gasteiger partial charge in [0.05, 0.1) is 9.95 Å². The standard InChI is InChI=1S/C16H11Cl2N3O4/c1-9(22)20-16(13-6-5-11(17)8-14(13)18)25-15(19-20)10-3-2-4-12(7-10)21(23)24/h2-8,16H,1H3/t16-/m0/s1. The van der Waals surface area contributed by atoms with Crippen molar-refractivity contribution >= 4 is 40.7 Å². The van der Waals surface area contributed by atoms with E-state index >= 15 is 0 Å². The maximum atomic E-state index is 11.9. The van der Waals surface area contributed by atoms with Crippen LogP contribution in [0.25, 0.3) is 0 Å². The van der Waals surface area contributed by atoms with Gasteiger partial charge in [-0.1, -0.05) is 35.3 Å². The Labute approximate surface area is 152 Å². The lowest BCUT2D eigenvalue weighted by Gasteiger charge is -2.20. The maximum Gasteiger partial charge on any atom is 0.270 e. The number of nitro groups is 1. The first-order valence-electron chi connectivity index (χ1n) is 7.11. The molecule has 0 fully saturated rings. The molecule has 0 unspecified atom stereocenters. The zero-order chi connectivity index (χ0) is 18.1. The minimum atomic E-state index is -0.878. The van der Waals surface area contributed by atoms with Crippen molar-refractivity contribution in [3.05, 3.63) is 73.8 Å². The van der Waals surface area contributed by atoms with Crippen LogP contribution in [0.2, 0.25) is 10.0 Å². The van der Waals surface area contributed by atoms with Gasteiger partial charge in [0.1, 0.15) is 0 Å². The minimum absolute atomic E-state index is 0.0925. The molecule has 0 saturated heterocycles. The fourth-order valence-corrected chi connectivity index (χ4v) is 2.84. The van der Waals surface area contributed by atoms with Crippen LogP contribution >= 0.6 is 23.2 Å². The molecule has 25 heavy (non-hydrogen) atoms. The van der Waals surface area contributed by atoms with Crippen LogP contribution in [0.1, 0.15) is 24.3 Å². The average molecular weight is 380 g/mol. The van der Waals surface area contributed by atoms with Gasteiger partial charge >= 0.3 is 0 Å². The second-order valence-corrected chi connectivity index (χ2v) is 6.06. The van der Waals surface area contributed by atoms with E-state index in [2.05, 4.69) is 5.10 Å². The second kappa shape index (κ2) is 6.70. The molecule has 0 aromatic heterocycles. The van der Waals surface area contributed by atoms with Gasteiger partial charge < -0.3 is 4.74 Å². The fraction of sp³-hybridized carbons (Fsp3) is 0.125. The summed E-state index contributed by atoms with van der Waals surface area (Å²) in [5.74, 6) is -0.272. The highest BCUT2D eigenvalue weighted by Gasteiger charge is 2.34. The van der Waals surface area contributed by atoms with E-state index in [1.165, 1.54) is 31.2 Å². The number of rotatable bonds is 3. The molecule has 1 heterocycles. The minimum Gasteiger partial charge on any atom is -0.446 e. The highest BCUT2D eigenvalue weighted by atomic mass is 35.5. The number of carbonyl (C=O) groups excluding carboxylic acids is 1. The fourth-order valence-electron chi connectivity index (χ4n) is 2.34. The van der Waals surface area contributed by atoms with E-state index < -0.39 is 11.2 Å². The Balaban J connectivity index is 1.99. The molecule has 2 aromatic carbocycles. The number of hydrazone groups is 1. The van der Waals surface area contributed by atoms with Crippen LogP contribution in [-0.4, -0.2) is 21.7 Å².